The summed E-state index contributed by atoms with van der Waals surface area (Å²) in [6, 6.07) is 4.08. The zero-order chi connectivity index (χ0) is 15.7. The molecule has 1 aromatic rings. The van der Waals surface area contributed by atoms with Gasteiger partial charge in [0.25, 0.3) is 0 Å². The van der Waals surface area contributed by atoms with Gasteiger partial charge in [-0.15, -0.1) is 0 Å². The van der Waals surface area contributed by atoms with E-state index in [1.807, 2.05) is 19.2 Å². The van der Waals surface area contributed by atoms with E-state index in [9.17, 15) is 0 Å². The lowest BCUT2D eigenvalue weighted by molar-refractivity contribution is 0.0660. The fourth-order valence-corrected chi connectivity index (χ4v) is 2.78. The Bertz CT molecular complexity index is 428. The van der Waals surface area contributed by atoms with E-state index in [4.69, 9.17) is 18.9 Å². The Morgan fingerprint density at radius 1 is 1.10 bits per heavy atom. The highest BCUT2D eigenvalue weighted by molar-refractivity contribution is 9.10. The van der Waals surface area contributed by atoms with Gasteiger partial charge in [0.15, 0.2) is 0 Å². The first kappa shape index (κ1) is 18.2. The molecule has 0 aliphatic heterocycles. The first-order valence-electron chi connectivity index (χ1n) is 6.83. The first-order chi connectivity index (χ1) is 10.2. The van der Waals surface area contributed by atoms with Gasteiger partial charge < -0.3 is 24.3 Å². The Kier molecular flexibility index (Phi) is 8.68. The number of methoxy groups -OCH3 is 3. The van der Waals surface area contributed by atoms with Crippen molar-refractivity contribution in [3.63, 3.8) is 0 Å². The van der Waals surface area contributed by atoms with Gasteiger partial charge in [-0.25, -0.2) is 0 Å². The average molecular weight is 362 g/mol. The number of halogens is 1. The van der Waals surface area contributed by atoms with Crippen LogP contribution < -0.4 is 14.8 Å². The molecule has 0 fully saturated rings. The molecule has 0 amide bonds. The largest absolute Gasteiger partial charge is 0.495 e. The van der Waals surface area contributed by atoms with Crippen LogP contribution >= 0.6 is 15.9 Å². The van der Waals surface area contributed by atoms with Gasteiger partial charge in [-0.1, -0.05) is 0 Å². The van der Waals surface area contributed by atoms with Crippen LogP contribution in [0.3, 0.4) is 0 Å². The standard InChI is InChI=1S/C15H24BrNO4/c1-17-12(7-8-21-10-9-18-2)11-5-6-13(19-3)14(16)15(11)20-4/h5-6,12,17H,7-10H2,1-4H3. The molecule has 0 spiro atoms. The normalized spacial score (nSPS) is 12.2. The summed E-state index contributed by atoms with van der Waals surface area (Å²) in [6.07, 6.45) is 0.843. The molecule has 6 heteroatoms. The van der Waals surface area contributed by atoms with Gasteiger partial charge in [0.2, 0.25) is 0 Å². The number of ether oxygens (including phenoxy) is 4. The van der Waals surface area contributed by atoms with Crippen molar-refractivity contribution in [2.45, 2.75) is 12.5 Å². The molecule has 0 saturated carbocycles. The van der Waals surface area contributed by atoms with E-state index in [0.29, 0.717) is 19.8 Å². The van der Waals surface area contributed by atoms with Crippen molar-refractivity contribution in [1.29, 1.82) is 0 Å². The number of benzene rings is 1. The summed E-state index contributed by atoms with van der Waals surface area (Å²) in [5.74, 6) is 1.53. The van der Waals surface area contributed by atoms with E-state index < -0.39 is 0 Å². The molecule has 0 bridgehead atoms. The second kappa shape index (κ2) is 10.00. The second-order valence-corrected chi connectivity index (χ2v) is 5.23. The molecule has 1 N–H and O–H groups in total. The van der Waals surface area contributed by atoms with Crippen molar-refractivity contribution in [2.75, 3.05) is 48.2 Å². The van der Waals surface area contributed by atoms with E-state index in [2.05, 4.69) is 21.2 Å². The van der Waals surface area contributed by atoms with Gasteiger partial charge in [0, 0.05) is 25.3 Å². The van der Waals surface area contributed by atoms with Crippen LogP contribution in [0.15, 0.2) is 16.6 Å². The van der Waals surface area contributed by atoms with Crippen LogP contribution in [0.2, 0.25) is 0 Å². The van der Waals surface area contributed by atoms with Crippen molar-refractivity contribution in [1.82, 2.24) is 5.32 Å². The Hall–Kier alpha value is -0.820. The summed E-state index contributed by atoms with van der Waals surface area (Å²) in [7, 11) is 6.89. The molecule has 0 radical (unpaired) electrons. The van der Waals surface area contributed by atoms with E-state index in [0.717, 1.165) is 28.0 Å². The molecule has 1 rings (SSSR count). The third kappa shape index (κ3) is 5.14. The van der Waals surface area contributed by atoms with Crippen LogP contribution in [0, 0.1) is 0 Å². The molecule has 0 saturated heterocycles. The van der Waals surface area contributed by atoms with Crippen LogP contribution in [0.25, 0.3) is 0 Å². The number of rotatable bonds is 10. The second-order valence-electron chi connectivity index (χ2n) is 4.44. The zero-order valence-corrected chi connectivity index (χ0v) is 14.7. The fourth-order valence-electron chi connectivity index (χ4n) is 2.09. The van der Waals surface area contributed by atoms with Gasteiger partial charge in [0.05, 0.1) is 27.4 Å². The van der Waals surface area contributed by atoms with Crippen molar-refractivity contribution in [3.05, 3.63) is 22.2 Å². The van der Waals surface area contributed by atoms with Crippen LogP contribution in [0.5, 0.6) is 11.5 Å². The SMILES string of the molecule is CNC(CCOCCOC)c1ccc(OC)c(Br)c1OC. The van der Waals surface area contributed by atoms with E-state index >= 15 is 0 Å². The van der Waals surface area contributed by atoms with Gasteiger partial charge >= 0.3 is 0 Å². The van der Waals surface area contributed by atoms with Gasteiger partial charge in [-0.2, -0.15) is 0 Å². The highest BCUT2D eigenvalue weighted by atomic mass is 79.9. The van der Waals surface area contributed by atoms with Crippen molar-refractivity contribution in [3.8, 4) is 11.5 Å². The minimum Gasteiger partial charge on any atom is -0.495 e. The predicted molar refractivity (Wildman–Crippen MR) is 86.4 cm³/mol. The third-order valence-electron chi connectivity index (χ3n) is 3.22. The van der Waals surface area contributed by atoms with Crippen LogP contribution in [0.1, 0.15) is 18.0 Å². The molecule has 0 aliphatic carbocycles. The van der Waals surface area contributed by atoms with Crippen molar-refractivity contribution < 1.29 is 18.9 Å². The summed E-state index contributed by atoms with van der Waals surface area (Å²) in [5.41, 5.74) is 1.07. The van der Waals surface area contributed by atoms with Crippen LogP contribution in [-0.4, -0.2) is 48.2 Å². The number of hydrogen-bond donors (Lipinski definition) is 1. The highest BCUT2D eigenvalue weighted by Gasteiger charge is 2.19. The Morgan fingerprint density at radius 2 is 1.86 bits per heavy atom. The molecule has 0 heterocycles. The van der Waals surface area contributed by atoms with Crippen molar-refractivity contribution in [2.24, 2.45) is 0 Å². The molecule has 0 aliphatic rings. The molecule has 21 heavy (non-hydrogen) atoms. The summed E-state index contributed by atoms with van der Waals surface area (Å²) < 4.78 is 22.1. The fraction of sp³-hybridized carbons (Fsp3) is 0.600. The Labute approximate surface area is 135 Å². The lowest BCUT2D eigenvalue weighted by Gasteiger charge is -2.21. The maximum Gasteiger partial charge on any atom is 0.141 e. The maximum absolute atomic E-state index is 5.53. The monoisotopic (exact) mass is 361 g/mol. The van der Waals surface area contributed by atoms with E-state index in [1.54, 1.807) is 21.3 Å². The molecular formula is C15H24BrNO4. The predicted octanol–water partition coefficient (Wildman–Crippen LogP) is 2.78. The molecule has 1 atom stereocenters. The molecular weight excluding hydrogens is 338 g/mol. The number of nitrogens with one attached hydrogen (secondary N) is 1. The minimum atomic E-state index is 0.143. The van der Waals surface area contributed by atoms with Gasteiger partial charge in [-0.3, -0.25) is 0 Å². The Balaban J connectivity index is 2.78. The van der Waals surface area contributed by atoms with E-state index in [-0.39, 0.29) is 6.04 Å². The molecule has 5 nitrogen and oxygen atoms in total. The van der Waals surface area contributed by atoms with Crippen LogP contribution in [-0.2, 0) is 9.47 Å². The van der Waals surface area contributed by atoms with Crippen molar-refractivity contribution >= 4 is 15.9 Å². The highest BCUT2D eigenvalue weighted by Crippen LogP contribution is 2.40. The third-order valence-corrected chi connectivity index (χ3v) is 3.97. The minimum absolute atomic E-state index is 0.143. The topological polar surface area (TPSA) is 49.0 Å². The summed E-state index contributed by atoms with van der Waals surface area (Å²) in [6.45, 7) is 1.87. The average Bonchev–Trinajstić information content (AvgIpc) is 2.51. The van der Waals surface area contributed by atoms with Crippen LogP contribution in [0.4, 0.5) is 0 Å². The molecule has 1 aromatic carbocycles. The Morgan fingerprint density at radius 3 is 2.43 bits per heavy atom. The smallest absolute Gasteiger partial charge is 0.141 e. The first-order valence-corrected chi connectivity index (χ1v) is 7.63. The van der Waals surface area contributed by atoms with Gasteiger partial charge in [-0.05, 0) is 41.5 Å². The summed E-state index contributed by atoms with van der Waals surface area (Å²) in [5, 5.41) is 3.30. The summed E-state index contributed by atoms with van der Waals surface area (Å²) in [4.78, 5) is 0. The van der Waals surface area contributed by atoms with Gasteiger partial charge in [0.1, 0.15) is 16.0 Å². The molecule has 120 valence electrons. The zero-order valence-electron chi connectivity index (χ0n) is 13.1. The quantitative estimate of drug-likeness (QED) is 0.649. The lowest BCUT2D eigenvalue weighted by Crippen LogP contribution is -2.19. The molecule has 0 aromatic heterocycles. The maximum atomic E-state index is 5.53. The number of hydrogen-bond acceptors (Lipinski definition) is 5. The lowest BCUT2D eigenvalue weighted by atomic mass is 10.0. The molecule has 1 unspecified atom stereocenters. The van der Waals surface area contributed by atoms with E-state index in [1.165, 1.54) is 0 Å². The summed E-state index contributed by atoms with van der Waals surface area (Å²) >= 11 is 3.53.